The summed E-state index contributed by atoms with van der Waals surface area (Å²) in [6, 6.07) is 0. The highest BCUT2D eigenvalue weighted by Gasteiger charge is 2.19. The molecule has 6 nitrogen and oxygen atoms in total. The maximum absolute atomic E-state index is 12.9. The maximum Gasteiger partial charge on any atom is 0.306 e. The maximum atomic E-state index is 12.9. The molecule has 0 bridgehead atoms. The van der Waals surface area contributed by atoms with E-state index in [1.165, 1.54) is 122 Å². The topological polar surface area (TPSA) is 78.9 Å². The molecule has 6 heteroatoms. The Morgan fingerprint density at radius 1 is 0.266 bits per heavy atom. The van der Waals surface area contributed by atoms with E-state index in [9.17, 15) is 14.4 Å². The lowest BCUT2D eigenvalue weighted by Gasteiger charge is -2.18. The zero-order valence-corrected chi connectivity index (χ0v) is 51.6. The molecule has 0 aromatic rings. The third kappa shape index (κ3) is 64.5. The van der Waals surface area contributed by atoms with Crippen LogP contribution in [0.3, 0.4) is 0 Å². The lowest BCUT2D eigenvalue weighted by molar-refractivity contribution is -0.167. The van der Waals surface area contributed by atoms with E-state index in [4.69, 9.17) is 14.2 Å². The molecular formula is C73H122O6. The van der Waals surface area contributed by atoms with Crippen molar-refractivity contribution in [1.29, 1.82) is 0 Å². The van der Waals surface area contributed by atoms with Crippen LogP contribution in [-0.4, -0.2) is 37.2 Å². The summed E-state index contributed by atoms with van der Waals surface area (Å²) in [5, 5.41) is 0. The van der Waals surface area contributed by atoms with Gasteiger partial charge < -0.3 is 14.2 Å². The minimum absolute atomic E-state index is 0.0980. The molecule has 0 saturated carbocycles. The molecule has 0 rings (SSSR count). The molecular weight excluding hydrogens is 973 g/mol. The molecule has 0 fully saturated rings. The molecule has 79 heavy (non-hydrogen) atoms. The molecule has 0 heterocycles. The number of rotatable bonds is 59. The second-order valence-corrected chi connectivity index (χ2v) is 21.6. The Labute approximate surface area is 488 Å². The standard InChI is InChI=1S/C73H122O6/c1-4-7-10-13-16-19-22-25-27-29-31-33-35-36-38-39-41-43-45-48-51-54-57-60-63-66-72(75)78-69-70(68-77-71(74)65-62-59-56-53-50-47-24-21-18-15-12-9-6-3)79-73(76)67-64-61-58-55-52-49-46-44-42-40-37-34-32-30-28-26-23-20-17-14-11-8-5-2/h7,10,12,15-16,19,21,24-25,27,30-33,36,38,41,43,48,51,70H,4-6,8-9,11,13-14,17-18,20,22-23,26,28-29,34-35,37,39-40,42,44-47,49-50,52-69H2,1-3H3/b10-7-,15-12-,19-16-,24-21-,27-25-,32-30-,33-31-,38-36-,43-41-,51-48-. The average Bonchev–Trinajstić information content (AvgIpc) is 3.45. The minimum atomic E-state index is -0.803. The highest BCUT2D eigenvalue weighted by molar-refractivity contribution is 5.71. The summed E-state index contributed by atoms with van der Waals surface area (Å²) in [4.78, 5) is 38.3. The summed E-state index contributed by atoms with van der Waals surface area (Å²) in [6.45, 7) is 6.44. The highest BCUT2D eigenvalue weighted by atomic mass is 16.6. The zero-order chi connectivity index (χ0) is 57.1. The first-order valence-corrected chi connectivity index (χ1v) is 33.0. The van der Waals surface area contributed by atoms with Gasteiger partial charge >= 0.3 is 17.9 Å². The van der Waals surface area contributed by atoms with Crippen molar-refractivity contribution in [3.8, 4) is 0 Å². The molecule has 0 aliphatic carbocycles. The number of hydrogen-bond donors (Lipinski definition) is 0. The third-order valence-corrected chi connectivity index (χ3v) is 13.9. The van der Waals surface area contributed by atoms with E-state index < -0.39 is 6.10 Å². The van der Waals surface area contributed by atoms with Crippen LogP contribution in [0.1, 0.15) is 303 Å². The van der Waals surface area contributed by atoms with Gasteiger partial charge in [-0.15, -0.1) is 0 Å². The third-order valence-electron chi connectivity index (χ3n) is 13.9. The van der Waals surface area contributed by atoms with Crippen LogP contribution in [0.5, 0.6) is 0 Å². The number of hydrogen-bond acceptors (Lipinski definition) is 6. The Balaban J connectivity index is 4.40. The van der Waals surface area contributed by atoms with Gasteiger partial charge in [0.15, 0.2) is 6.10 Å². The second kappa shape index (κ2) is 66.3. The van der Waals surface area contributed by atoms with Crippen LogP contribution < -0.4 is 0 Å². The van der Waals surface area contributed by atoms with Crippen molar-refractivity contribution < 1.29 is 28.6 Å². The van der Waals surface area contributed by atoms with E-state index >= 15 is 0 Å². The fraction of sp³-hybridized carbons (Fsp3) is 0.685. The van der Waals surface area contributed by atoms with Gasteiger partial charge in [0.25, 0.3) is 0 Å². The van der Waals surface area contributed by atoms with Gasteiger partial charge in [-0.2, -0.15) is 0 Å². The Bertz CT molecular complexity index is 1640. The summed E-state index contributed by atoms with van der Waals surface area (Å²) >= 11 is 0. The van der Waals surface area contributed by atoms with Crippen molar-refractivity contribution in [2.75, 3.05) is 13.2 Å². The van der Waals surface area contributed by atoms with E-state index in [1.54, 1.807) is 0 Å². The van der Waals surface area contributed by atoms with Crippen LogP contribution in [0.25, 0.3) is 0 Å². The first kappa shape index (κ1) is 74.8. The van der Waals surface area contributed by atoms with Crippen molar-refractivity contribution in [3.63, 3.8) is 0 Å². The van der Waals surface area contributed by atoms with E-state index in [0.717, 1.165) is 141 Å². The molecule has 0 saturated heterocycles. The van der Waals surface area contributed by atoms with Crippen LogP contribution >= 0.6 is 0 Å². The van der Waals surface area contributed by atoms with Gasteiger partial charge in [-0.3, -0.25) is 14.4 Å². The number of carbonyl (C=O) groups excluding carboxylic acids is 3. The number of carbonyl (C=O) groups is 3. The summed E-state index contributed by atoms with van der Waals surface area (Å²) < 4.78 is 16.9. The largest absolute Gasteiger partial charge is 0.462 e. The van der Waals surface area contributed by atoms with Crippen LogP contribution in [0.2, 0.25) is 0 Å². The van der Waals surface area contributed by atoms with Gasteiger partial charge in [0.2, 0.25) is 0 Å². The fourth-order valence-electron chi connectivity index (χ4n) is 8.99. The number of unbranched alkanes of at least 4 members (excludes halogenated alkanes) is 28. The summed E-state index contributed by atoms with van der Waals surface area (Å²) in [7, 11) is 0. The SMILES string of the molecule is CC/C=C\C/C=C\C/C=C\C/C=C\C/C=C\C/C=C\C/C=C\CCCCCC(=O)OCC(COC(=O)CCCCCCC/C=C\C/C=C\CCC)OC(=O)CCCCCCCCCCCCC/C=C\CCCCCCCCCC. The molecule has 0 N–H and O–H groups in total. The Kier molecular flexibility index (Phi) is 62.8. The van der Waals surface area contributed by atoms with Crippen molar-refractivity contribution in [1.82, 2.24) is 0 Å². The molecule has 0 aliphatic heterocycles. The van der Waals surface area contributed by atoms with Crippen LogP contribution in [0.15, 0.2) is 122 Å². The number of ether oxygens (including phenoxy) is 3. The van der Waals surface area contributed by atoms with E-state index in [1.807, 2.05) is 0 Å². The van der Waals surface area contributed by atoms with Gasteiger partial charge in [-0.1, -0.05) is 277 Å². The quantitative estimate of drug-likeness (QED) is 0.0261. The first-order chi connectivity index (χ1) is 39.0. The van der Waals surface area contributed by atoms with Crippen LogP contribution in [0.4, 0.5) is 0 Å². The molecule has 0 amide bonds. The van der Waals surface area contributed by atoms with E-state index in [2.05, 4.69) is 142 Å². The van der Waals surface area contributed by atoms with Crippen LogP contribution in [-0.2, 0) is 28.6 Å². The summed E-state index contributed by atoms with van der Waals surface area (Å²) in [6.07, 6.45) is 92.1. The Morgan fingerprint density at radius 2 is 0.519 bits per heavy atom. The lowest BCUT2D eigenvalue weighted by Crippen LogP contribution is -2.30. The van der Waals surface area contributed by atoms with Gasteiger partial charge in [-0.05, 0) is 128 Å². The molecule has 0 radical (unpaired) electrons. The normalized spacial score (nSPS) is 12.9. The van der Waals surface area contributed by atoms with Crippen molar-refractivity contribution in [3.05, 3.63) is 122 Å². The summed E-state index contributed by atoms with van der Waals surface area (Å²) in [5.74, 6) is -0.940. The molecule has 1 unspecified atom stereocenters. The van der Waals surface area contributed by atoms with E-state index in [0.29, 0.717) is 19.3 Å². The fourth-order valence-corrected chi connectivity index (χ4v) is 8.99. The monoisotopic (exact) mass is 1090 g/mol. The molecule has 0 spiro atoms. The minimum Gasteiger partial charge on any atom is -0.462 e. The smallest absolute Gasteiger partial charge is 0.306 e. The highest BCUT2D eigenvalue weighted by Crippen LogP contribution is 2.16. The molecule has 0 aromatic heterocycles. The van der Waals surface area contributed by atoms with Crippen LogP contribution in [0, 0.1) is 0 Å². The van der Waals surface area contributed by atoms with Gasteiger partial charge in [0.05, 0.1) is 0 Å². The molecule has 450 valence electrons. The Hall–Kier alpha value is -4.19. The van der Waals surface area contributed by atoms with Crippen molar-refractivity contribution in [2.45, 2.75) is 309 Å². The molecule has 0 aromatic carbocycles. The Morgan fingerprint density at radius 3 is 0.848 bits per heavy atom. The average molecular weight is 1100 g/mol. The van der Waals surface area contributed by atoms with Gasteiger partial charge in [0.1, 0.15) is 13.2 Å². The summed E-state index contributed by atoms with van der Waals surface area (Å²) in [5.41, 5.74) is 0. The second-order valence-electron chi connectivity index (χ2n) is 21.6. The van der Waals surface area contributed by atoms with Gasteiger partial charge in [-0.25, -0.2) is 0 Å². The van der Waals surface area contributed by atoms with E-state index in [-0.39, 0.29) is 31.1 Å². The number of allylic oxidation sites excluding steroid dienone is 20. The predicted octanol–water partition coefficient (Wildman–Crippen LogP) is 22.8. The first-order valence-electron chi connectivity index (χ1n) is 33.0. The zero-order valence-electron chi connectivity index (χ0n) is 51.6. The van der Waals surface area contributed by atoms with Gasteiger partial charge in [0, 0.05) is 19.3 Å². The number of esters is 3. The molecule has 1 atom stereocenters. The predicted molar refractivity (Wildman–Crippen MR) is 343 cm³/mol. The van der Waals surface area contributed by atoms with Crippen molar-refractivity contribution in [2.24, 2.45) is 0 Å². The molecule has 0 aliphatic rings. The lowest BCUT2D eigenvalue weighted by atomic mass is 10.0. The van der Waals surface area contributed by atoms with Crippen molar-refractivity contribution >= 4 is 17.9 Å².